The van der Waals surface area contributed by atoms with E-state index in [1.807, 2.05) is 6.26 Å². The van der Waals surface area contributed by atoms with Crippen molar-refractivity contribution in [2.24, 2.45) is 5.73 Å². The zero-order valence-corrected chi connectivity index (χ0v) is 12.1. The second kappa shape index (κ2) is 7.86. The zero-order chi connectivity index (χ0) is 15.1. The van der Waals surface area contributed by atoms with Crippen molar-refractivity contribution in [3.05, 3.63) is 29.6 Å². The summed E-state index contributed by atoms with van der Waals surface area (Å²) in [7, 11) is 1.16. The van der Waals surface area contributed by atoms with Crippen LogP contribution in [0.4, 0.5) is 10.1 Å². The maximum atomic E-state index is 13.4. The van der Waals surface area contributed by atoms with Crippen LogP contribution in [0.15, 0.2) is 18.2 Å². The number of benzene rings is 1. The molecular weight excluding hydrogens is 283 g/mol. The average molecular weight is 300 g/mol. The van der Waals surface area contributed by atoms with E-state index >= 15 is 0 Å². The van der Waals surface area contributed by atoms with E-state index in [4.69, 9.17) is 5.73 Å². The lowest BCUT2D eigenvalue weighted by Gasteiger charge is -2.12. The fourth-order valence-corrected chi connectivity index (χ4v) is 1.97. The highest BCUT2D eigenvalue weighted by Crippen LogP contribution is 2.16. The molecule has 0 saturated heterocycles. The first-order valence-electron chi connectivity index (χ1n) is 5.92. The largest absolute Gasteiger partial charge is 0.465 e. The minimum Gasteiger partial charge on any atom is -0.465 e. The quantitative estimate of drug-likeness (QED) is 0.780. The van der Waals surface area contributed by atoms with Crippen LogP contribution in [0.25, 0.3) is 0 Å². The van der Waals surface area contributed by atoms with Crippen LogP contribution in [0.1, 0.15) is 16.8 Å². The van der Waals surface area contributed by atoms with Crippen molar-refractivity contribution in [3.63, 3.8) is 0 Å². The van der Waals surface area contributed by atoms with Gasteiger partial charge in [-0.05, 0) is 36.6 Å². The number of halogens is 1. The molecule has 1 rings (SSSR count). The van der Waals surface area contributed by atoms with Crippen molar-refractivity contribution < 1.29 is 18.7 Å². The van der Waals surface area contributed by atoms with Crippen LogP contribution in [0.3, 0.4) is 0 Å². The fourth-order valence-electron chi connectivity index (χ4n) is 1.48. The number of ether oxygens (including phenoxy) is 1. The van der Waals surface area contributed by atoms with E-state index in [1.165, 1.54) is 12.1 Å². The summed E-state index contributed by atoms with van der Waals surface area (Å²) in [5.74, 6) is -1.11. The number of hydrogen-bond acceptors (Lipinski definition) is 5. The lowest BCUT2D eigenvalue weighted by molar-refractivity contribution is -0.117. The Bertz CT molecular complexity index is 497. The van der Waals surface area contributed by atoms with E-state index in [2.05, 4.69) is 10.1 Å². The second-order valence-electron chi connectivity index (χ2n) is 4.06. The Balaban J connectivity index is 2.78. The lowest BCUT2D eigenvalue weighted by atomic mass is 10.1. The Morgan fingerprint density at radius 3 is 2.80 bits per heavy atom. The Labute approximate surface area is 121 Å². The number of hydrogen-bond donors (Lipinski definition) is 2. The monoisotopic (exact) mass is 300 g/mol. The summed E-state index contributed by atoms with van der Waals surface area (Å²) in [5, 5.41) is 2.55. The summed E-state index contributed by atoms with van der Waals surface area (Å²) in [4.78, 5) is 23.1. The first kappa shape index (κ1) is 16.5. The standard InChI is InChI=1S/C13H17FN2O3S/c1-19-13(18)9-7-8(3-4-10(9)14)16-12(17)11(15)5-6-20-2/h3-4,7,11H,5-6,15H2,1-2H3,(H,16,17)/t11-/m1/s1. The number of rotatable bonds is 6. The molecule has 1 aromatic carbocycles. The summed E-state index contributed by atoms with van der Waals surface area (Å²) in [5.41, 5.74) is 5.78. The van der Waals surface area contributed by atoms with Crippen LogP contribution >= 0.6 is 11.8 Å². The van der Waals surface area contributed by atoms with Crippen molar-refractivity contribution in [1.82, 2.24) is 0 Å². The third-order valence-electron chi connectivity index (χ3n) is 2.61. The number of thioether (sulfide) groups is 1. The fraction of sp³-hybridized carbons (Fsp3) is 0.385. The Morgan fingerprint density at radius 2 is 2.20 bits per heavy atom. The average Bonchev–Trinajstić information content (AvgIpc) is 2.45. The molecule has 0 fully saturated rings. The zero-order valence-electron chi connectivity index (χ0n) is 11.3. The highest BCUT2D eigenvalue weighted by Gasteiger charge is 2.16. The minimum absolute atomic E-state index is 0.233. The highest BCUT2D eigenvalue weighted by atomic mass is 32.2. The maximum absolute atomic E-state index is 13.4. The van der Waals surface area contributed by atoms with Gasteiger partial charge >= 0.3 is 5.97 Å². The van der Waals surface area contributed by atoms with Gasteiger partial charge < -0.3 is 15.8 Å². The maximum Gasteiger partial charge on any atom is 0.340 e. The van der Waals surface area contributed by atoms with E-state index in [-0.39, 0.29) is 11.5 Å². The van der Waals surface area contributed by atoms with Crippen molar-refractivity contribution in [1.29, 1.82) is 0 Å². The van der Waals surface area contributed by atoms with Crippen LogP contribution in [-0.4, -0.2) is 37.0 Å². The van der Waals surface area contributed by atoms with Crippen molar-refractivity contribution in [2.45, 2.75) is 12.5 Å². The predicted molar refractivity (Wildman–Crippen MR) is 77.3 cm³/mol. The van der Waals surface area contributed by atoms with E-state index in [1.54, 1.807) is 11.8 Å². The molecule has 0 aliphatic rings. The number of nitrogens with two attached hydrogens (primary N) is 1. The van der Waals surface area contributed by atoms with E-state index < -0.39 is 17.8 Å². The first-order chi connectivity index (χ1) is 9.49. The Kier molecular flexibility index (Phi) is 6.47. The molecule has 110 valence electrons. The molecule has 20 heavy (non-hydrogen) atoms. The molecule has 7 heteroatoms. The number of amides is 1. The van der Waals surface area contributed by atoms with Crippen LogP contribution in [0.2, 0.25) is 0 Å². The van der Waals surface area contributed by atoms with Crippen LogP contribution in [0.5, 0.6) is 0 Å². The molecule has 0 aliphatic heterocycles. The molecule has 0 radical (unpaired) electrons. The number of nitrogens with one attached hydrogen (secondary N) is 1. The third kappa shape index (κ3) is 4.50. The number of anilines is 1. The van der Waals surface area contributed by atoms with Crippen LogP contribution in [-0.2, 0) is 9.53 Å². The molecule has 3 N–H and O–H groups in total. The van der Waals surface area contributed by atoms with Gasteiger partial charge in [0.25, 0.3) is 0 Å². The molecule has 1 aromatic rings. The summed E-state index contributed by atoms with van der Waals surface area (Å²) >= 11 is 1.59. The number of carbonyl (C=O) groups is 2. The van der Waals surface area contributed by atoms with Crippen molar-refractivity contribution in [2.75, 3.05) is 24.4 Å². The highest BCUT2D eigenvalue weighted by molar-refractivity contribution is 7.98. The minimum atomic E-state index is -0.801. The van der Waals surface area contributed by atoms with Gasteiger partial charge in [-0.1, -0.05) is 0 Å². The van der Waals surface area contributed by atoms with Gasteiger partial charge in [-0.25, -0.2) is 9.18 Å². The Morgan fingerprint density at radius 1 is 1.50 bits per heavy atom. The van der Waals surface area contributed by atoms with Crippen molar-refractivity contribution in [3.8, 4) is 0 Å². The molecule has 0 unspecified atom stereocenters. The van der Waals surface area contributed by atoms with Crippen LogP contribution < -0.4 is 11.1 Å². The van der Waals surface area contributed by atoms with Gasteiger partial charge in [0.1, 0.15) is 5.82 Å². The van der Waals surface area contributed by atoms with E-state index in [0.29, 0.717) is 12.1 Å². The van der Waals surface area contributed by atoms with Crippen molar-refractivity contribution >= 4 is 29.3 Å². The predicted octanol–water partition coefficient (Wildman–Crippen LogP) is 1.63. The molecular formula is C13H17FN2O3S. The molecule has 0 aliphatic carbocycles. The summed E-state index contributed by atoms with van der Waals surface area (Å²) in [6.45, 7) is 0. The number of methoxy groups -OCH3 is 1. The Hall–Kier alpha value is -1.60. The molecule has 1 atom stereocenters. The molecule has 0 spiro atoms. The molecule has 0 saturated carbocycles. The summed E-state index contributed by atoms with van der Waals surface area (Å²) < 4.78 is 17.9. The third-order valence-corrected chi connectivity index (χ3v) is 3.25. The smallest absolute Gasteiger partial charge is 0.340 e. The topological polar surface area (TPSA) is 81.4 Å². The SMILES string of the molecule is COC(=O)c1cc(NC(=O)[C@H](N)CCSC)ccc1F. The number of esters is 1. The molecule has 5 nitrogen and oxygen atoms in total. The van der Waals surface area contributed by atoms with Gasteiger partial charge in [0.05, 0.1) is 18.7 Å². The normalized spacial score (nSPS) is 11.8. The summed E-state index contributed by atoms with van der Waals surface area (Å²) in [6.07, 6.45) is 2.46. The lowest BCUT2D eigenvalue weighted by Crippen LogP contribution is -2.36. The van der Waals surface area contributed by atoms with Gasteiger partial charge in [0.2, 0.25) is 5.91 Å². The molecule has 0 heterocycles. The van der Waals surface area contributed by atoms with Gasteiger partial charge in [0.15, 0.2) is 0 Å². The van der Waals surface area contributed by atoms with Gasteiger partial charge in [-0.2, -0.15) is 11.8 Å². The van der Waals surface area contributed by atoms with Gasteiger partial charge in [-0.15, -0.1) is 0 Å². The molecule has 1 amide bonds. The number of carbonyl (C=O) groups excluding carboxylic acids is 2. The summed E-state index contributed by atoms with van der Waals surface area (Å²) in [6, 6.07) is 3.03. The van der Waals surface area contributed by atoms with E-state index in [9.17, 15) is 14.0 Å². The second-order valence-corrected chi connectivity index (χ2v) is 5.05. The van der Waals surface area contributed by atoms with E-state index in [0.717, 1.165) is 18.9 Å². The van der Waals surface area contributed by atoms with Crippen LogP contribution in [0, 0.1) is 5.82 Å². The van der Waals surface area contributed by atoms with Gasteiger partial charge in [-0.3, -0.25) is 4.79 Å². The molecule has 0 bridgehead atoms. The van der Waals surface area contributed by atoms with Gasteiger partial charge in [0, 0.05) is 5.69 Å². The molecule has 0 aromatic heterocycles. The first-order valence-corrected chi connectivity index (χ1v) is 7.32.